The smallest absolute Gasteiger partial charge is 0.239 e. The maximum Gasteiger partial charge on any atom is 0.239 e. The Morgan fingerprint density at radius 3 is 2.71 bits per heavy atom. The first-order chi connectivity index (χ1) is 11.5. The minimum absolute atomic E-state index is 0.111. The van der Waals surface area contributed by atoms with E-state index in [1.54, 1.807) is 29.4 Å². The summed E-state index contributed by atoms with van der Waals surface area (Å²) < 4.78 is 6.70. The second-order valence-corrected chi connectivity index (χ2v) is 6.73. The fraction of sp³-hybridized carbons (Fsp3) is 0.294. The van der Waals surface area contributed by atoms with Crippen LogP contribution < -0.4 is 15.5 Å². The number of aryl methyl sites for hydroxylation is 1. The van der Waals surface area contributed by atoms with Crippen LogP contribution in [0.1, 0.15) is 5.69 Å². The van der Waals surface area contributed by atoms with Crippen molar-refractivity contribution in [1.82, 2.24) is 9.88 Å². The Bertz CT molecular complexity index is 759. The van der Waals surface area contributed by atoms with E-state index < -0.39 is 0 Å². The van der Waals surface area contributed by atoms with Gasteiger partial charge in [-0.1, -0.05) is 11.6 Å². The number of thioether (sulfide) groups is 1. The topological polar surface area (TPSA) is 60.3 Å². The van der Waals surface area contributed by atoms with E-state index in [9.17, 15) is 9.59 Å². The Balaban J connectivity index is 1.81. The zero-order valence-corrected chi connectivity index (χ0v) is 15.1. The molecule has 0 aliphatic heterocycles. The normalized spacial score (nSPS) is 10.5. The van der Waals surface area contributed by atoms with Crippen LogP contribution in [0.2, 0.25) is 5.02 Å². The minimum Gasteiger partial charge on any atom is -0.491 e. The molecule has 1 aromatic heterocycles. The largest absolute Gasteiger partial charge is 0.491 e. The number of aromatic nitrogens is 1. The van der Waals surface area contributed by atoms with Crippen LogP contribution in [0.25, 0.3) is 0 Å². The van der Waals surface area contributed by atoms with Crippen LogP contribution >= 0.6 is 23.4 Å². The molecule has 5 nitrogen and oxygen atoms in total. The Labute approximate surface area is 150 Å². The molecule has 1 heterocycles. The van der Waals surface area contributed by atoms with Gasteiger partial charge in [0.15, 0.2) is 5.75 Å². The second-order valence-electron chi connectivity index (χ2n) is 5.13. The molecule has 24 heavy (non-hydrogen) atoms. The number of benzene rings is 1. The Morgan fingerprint density at radius 1 is 1.33 bits per heavy atom. The van der Waals surface area contributed by atoms with Crippen LogP contribution in [0.4, 0.5) is 0 Å². The van der Waals surface area contributed by atoms with Gasteiger partial charge in [0.2, 0.25) is 11.3 Å². The van der Waals surface area contributed by atoms with E-state index in [-0.39, 0.29) is 23.6 Å². The molecule has 1 N–H and O–H groups in total. The Kier molecular flexibility index (Phi) is 6.75. The first-order valence-corrected chi connectivity index (χ1v) is 8.76. The molecule has 0 unspecified atom stereocenters. The second kappa shape index (κ2) is 8.80. The monoisotopic (exact) mass is 366 g/mol. The molecule has 0 aliphatic carbocycles. The Hall–Kier alpha value is -1.92. The summed E-state index contributed by atoms with van der Waals surface area (Å²) in [6.45, 7) is 2.49. The number of methoxy groups -OCH3 is 1. The number of hydrogen-bond acceptors (Lipinski definition) is 4. The lowest BCUT2D eigenvalue weighted by atomic mass is 10.3. The molecule has 0 saturated carbocycles. The molecule has 0 aliphatic rings. The molecule has 7 heteroatoms. The van der Waals surface area contributed by atoms with Gasteiger partial charge >= 0.3 is 0 Å². The summed E-state index contributed by atoms with van der Waals surface area (Å²) in [5.41, 5.74) is 0.525. The van der Waals surface area contributed by atoms with Gasteiger partial charge in [0.1, 0.15) is 6.54 Å². The number of ether oxygens (including phenoxy) is 1. The fourth-order valence-electron chi connectivity index (χ4n) is 2.08. The van der Waals surface area contributed by atoms with Gasteiger partial charge in [-0.05, 0) is 31.2 Å². The van der Waals surface area contributed by atoms with E-state index in [1.807, 2.05) is 24.3 Å². The summed E-state index contributed by atoms with van der Waals surface area (Å²) in [6, 6.07) is 9.04. The first kappa shape index (κ1) is 18.4. The number of amides is 1. The predicted molar refractivity (Wildman–Crippen MR) is 97.2 cm³/mol. The molecule has 0 spiro atoms. The van der Waals surface area contributed by atoms with Crippen molar-refractivity contribution in [1.29, 1.82) is 0 Å². The third kappa shape index (κ3) is 5.32. The van der Waals surface area contributed by atoms with Crippen molar-refractivity contribution >= 4 is 29.3 Å². The summed E-state index contributed by atoms with van der Waals surface area (Å²) in [6.07, 6.45) is 1.56. The fourth-order valence-corrected chi connectivity index (χ4v) is 2.97. The van der Waals surface area contributed by atoms with Crippen molar-refractivity contribution in [2.75, 3.05) is 19.4 Å². The molecule has 0 atom stereocenters. The predicted octanol–water partition coefficient (Wildman–Crippen LogP) is 2.73. The average molecular weight is 367 g/mol. The average Bonchev–Trinajstić information content (AvgIpc) is 2.56. The van der Waals surface area contributed by atoms with Crippen molar-refractivity contribution in [2.24, 2.45) is 0 Å². The first-order valence-electron chi connectivity index (χ1n) is 7.39. The van der Waals surface area contributed by atoms with Crippen LogP contribution in [-0.2, 0) is 11.3 Å². The molecular formula is C17H19ClN2O3S. The lowest BCUT2D eigenvalue weighted by Gasteiger charge is -2.12. The van der Waals surface area contributed by atoms with Gasteiger partial charge < -0.3 is 14.6 Å². The Morgan fingerprint density at radius 2 is 2.04 bits per heavy atom. The zero-order chi connectivity index (χ0) is 17.5. The number of nitrogens with zero attached hydrogens (tertiary/aromatic N) is 1. The van der Waals surface area contributed by atoms with E-state index in [0.717, 1.165) is 10.6 Å². The molecule has 0 radical (unpaired) electrons. The van der Waals surface area contributed by atoms with Gasteiger partial charge in [-0.25, -0.2) is 0 Å². The van der Waals surface area contributed by atoms with Crippen molar-refractivity contribution in [3.63, 3.8) is 0 Å². The number of carbonyl (C=O) groups is 1. The summed E-state index contributed by atoms with van der Waals surface area (Å²) in [5.74, 6) is 0.882. The maximum atomic E-state index is 12.0. The number of rotatable bonds is 7. The third-order valence-electron chi connectivity index (χ3n) is 3.35. The van der Waals surface area contributed by atoms with Crippen LogP contribution in [0.3, 0.4) is 0 Å². The quantitative estimate of drug-likeness (QED) is 0.604. The zero-order valence-electron chi connectivity index (χ0n) is 13.5. The number of hydrogen-bond donors (Lipinski definition) is 1. The summed E-state index contributed by atoms with van der Waals surface area (Å²) in [4.78, 5) is 24.8. The molecular weight excluding hydrogens is 348 g/mol. The SMILES string of the molecule is COc1cn(CC(=O)NCCSc2ccc(Cl)cc2)c(C)cc1=O. The molecule has 2 rings (SSSR count). The van der Waals surface area contributed by atoms with Crippen LogP contribution in [0, 0.1) is 6.92 Å². The van der Waals surface area contributed by atoms with Gasteiger partial charge in [-0.3, -0.25) is 9.59 Å². The van der Waals surface area contributed by atoms with Crippen LogP contribution in [0.5, 0.6) is 5.75 Å². The number of carbonyl (C=O) groups excluding carboxylic acids is 1. The summed E-state index contributed by atoms with van der Waals surface area (Å²) >= 11 is 7.49. The summed E-state index contributed by atoms with van der Waals surface area (Å²) in [7, 11) is 1.43. The van der Waals surface area contributed by atoms with Gasteiger partial charge in [0.05, 0.1) is 13.3 Å². The third-order valence-corrected chi connectivity index (χ3v) is 4.62. The van der Waals surface area contributed by atoms with E-state index >= 15 is 0 Å². The van der Waals surface area contributed by atoms with E-state index in [1.165, 1.54) is 13.2 Å². The van der Waals surface area contributed by atoms with Crippen LogP contribution in [0.15, 0.2) is 46.2 Å². The van der Waals surface area contributed by atoms with Crippen molar-refractivity contribution in [2.45, 2.75) is 18.4 Å². The highest BCUT2D eigenvalue weighted by Crippen LogP contribution is 2.19. The molecule has 0 fully saturated rings. The van der Waals surface area contributed by atoms with Crippen molar-refractivity contribution in [3.05, 3.63) is 57.5 Å². The van der Waals surface area contributed by atoms with Crippen LogP contribution in [-0.4, -0.2) is 29.9 Å². The molecule has 2 aromatic rings. The van der Waals surface area contributed by atoms with Gasteiger partial charge in [0.25, 0.3) is 0 Å². The lowest BCUT2D eigenvalue weighted by molar-refractivity contribution is -0.121. The van der Waals surface area contributed by atoms with E-state index in [4.69, 9.17) is 16.3 Å². The standard InChI is InChI=1S/C17H19ClN2O3S/c1-12-9-15(21)16(23-2)10-20(12)11-17(22)19-7-8-24-14-5-3-13(18)4-6-14/h3-6,9-10H,7-8,11H2,1-2H3,(H,19,22). The van der Waals surface area contributed by atoms with Crippen molar-refractivity contribution < 1.29 is 9.53 Å². The highest BCUT2D eigenvalue weighted by Gasteiger charge is 2.07. The van der Waals surface area contributed by atoms with E-state index in [0.29, 0.717) is 17.3 Å². The minimum atomic E-state index is -0.189. The molecule has 1 aromatic carbocycles. The maximum absolute atomic E-state index is 12.0. The highest BCUT2D eigenvalue weighted by molar-refractivity contribution is 7.99. The number of pyridine rings is 1. The summed E-state index contributed by atoms with van der Waals surface area (Å²) in [5, 5.41) is 3.57. The van der Waals surface area contributed by atoms with Gasteiger partial charge in [0, 0.05) is 34.0 Å². The molecule has 0 saturated heterocycles. The molecule has 0 bridgehead atoms. The highest BCUT2D eigenvalue weighted by atomic mass is 35.5. The molecule has 128 valence electrons. The number of halogens is 1. The van der Waals surface area contributed by atoms with E-state index in [2.05, 4.69) is 5.32 Å². The molecule has 1 amide bonds. The van der Waals surface area contributed by atoms with Crippen molar-refractivity contribution in [3.8, 4) is 5.75 Å². The lowest BCUT2D eigenvalue weighted by Crippen LogP contribution is -2.30. The van der Waals surface area contributed by atoms with Gasteiger partial charge in [-0.2, -0.15) is 0 Å². The number of nitrogens with one attached hydrogen (secondary N) is 1. The van der Waals surface area contributed by atoms with Gasteiger partial charge in [-0.15, -0.1) is 11.8 Å².